The van der Waals surface area contributed by atoms with Crippen LogP contribution >= 0.6 is 0 Å². The van der Waals surface area contributed by atoms with Gasteiger partial charge in [-0.2, -0.15) is 0 Å². The zero-order chi connectivity index (χ0) is 12.8. The highest BCUT2D eigenvalue weighted by molar-refractivity contribution is 5.99. The number of likely N-dealkylation sites (N-methyl/N-ethyl adjacent to an activating group) is 1. The number of carbonyl (C=O) groups excluding carboxylic acids is 1. The molecule has 0 saturated carbocycles. The van der Waals surface area contributed by atoms with Gasteiger partial charge in [0.1, 0.15) is 0 Å². The van der Waals surface area contributed by atoms with Gasteiger partial charge in [-0.1, -0.05) is 12.1 Å². The molecule has 17 heavy (non-hydrogen) atoms. The smallest absolute Gasteiger partial charge is 0.256 e. The largest absolute Gasteiger partial charge is 0.398 e. The number of benzene rings is 1. The molecule has 4 heteroatoms. The first-order valence-corrected chi connectivity index (χ1v) is 5.76. The van der Waals surface area contributed by atoms with Crippen molar-refractivity contribution < 1.29 is 9.53 Å². The number of carbonyl (C=O) groups is 1. The van der Waals surface area contributed by atoms with Gasteiger partial charge >= 0.3 is 0 Å². The number of nitrogens with two attached hydrogens (primary N) is 1. The standard InChI is InChI=1S/C13H20N2O2/c1-4-15(10(2)9-17-3)13(16)11-7-5-6-8-12(11)14/h5-8,10H,4,9,14H2,1-3H3. The van der Waals surface area contributed by atoms with Crippen LogP contribution in [0, 0.1) is 0 Å². The second kappa shape index (κ2) is 6.25. The van der Waals surface area contributed by atoms with Gasteiger partial charge in [-0.15, -0.1) is 0 Å². The zero-order valence-corrected chi connectivity index (χ0v) is 10.6. The normalized spacial score (nSPS) is 12.2. The number of ether oxygens (including phenoxy) is 1. The van der Waals surface area contributed by atoms with Crippen LogP contribution in [0.5, 0.6) is 0 Å². The number of para-hydroxylation sites is 1. The maximum Gasteiger partial charge on any atom is 0.256 e. The lowest BCUT2D eigenvalue weighted by atomic mass is 10.1. The molecule has 0 bridgehead atoms. The maximum atomic E-state index is 12.3. The number of hydrogen-bond acceptors (Lipinski definition) is 3. The minimum absolute atomic E-state index is 0.0390. The Morgan fingerprint density at radius 3 is 2.65 bits per heavy atom. The molecule has 1 rings (SSSR count). The summed E-state index contributed by atoms with van der Waals surface area (Å²) >= 11 is 0. The van der Waals surface area contributed by atoms with Crippen molar-refractivity contribution in [3.05, 3.63) is 29.8 Å². The van der Waals surface area contributed by atoms with Crippen molar-refractivity contribution in [2.24, 2.45) is 0 Å². The maximum absolute atomic E-state index is 12.3. The average molecular weight is 236 g/mol. The van der Waals surface area contributed by atoms with E-state index in [2.05, 4.69) is 0 Å². The third-order valence-corrected chi connectivity index (χ3v) is 2.73. The van der Waals surface area contributed by atoms with Crippen LogP contribution in [0.3, 0.4) is 0 Å². The average Bonchev–Trinajstić information content (AvgIpc) is 2.30. The third kappa shape index (κ3) is 3.20. The number of anilines is 1. The molecule has 0 spiro atoms. The fourth-order valence-electron chi connectivity index (χ4n) is 1.83. The summed E-state index contributed by atoms with van der Waals surface area (Å²) in [5.74, 6) is -0.0462. The van der Waals surface area contributed by atoms with Gasteiger partial charge in [-0.25, -0.2) is 0 Å². The number of rotatable bonds is 5. The topological polar surface area (TPSA) is 55.6 Å². The highest BCUT2D eigenvalue weighted by atomic mass is 16.5. The number of hydrogen-bond donors (Lipinski definition) is 1. The van der Waals surface area contributed by atoms with Gasteiger partial charge in [0.25, 0.3) is 5.91 Å². The molecule has 1 unspecified atom stereocenters. The summed E-state index contributed by atoms with van der Waals surface area (Å²) in [6, 6.07) is 7.17. The predicted octanol–water partition coefficient (Wildman–Crippen LogP) is 1.77. The van der Waals surface area contributed by atoms with E-state index in [0.29, 0.717) is 24.4 Å². The van der Waals surface area contributed by atoms with Crippen LogP contribution in [0.1, 0.15) is 24.2 Å². The number of nitrogen functional groups attached to an aromatic ring is 1. The first kappa shape index (κ1) is 13.5. The predicted molar refractivity (Wildman–Crippen MR) is 68.9 cm³/mol. The van der Waals surface area contributed by atoms with Crippen LogP contribution in [-0.2, 0) is 4.74 Å². The van der Waals surface area contributed by atoms with E-state index in [9.17, 15) is 4.79 Å². The monoisotopic (exact) mass is 236 g/mol. The molecule has 0 aliphatic heterocycles. The lowest BCUT2D eigenvalue weighted by molar-refractivity contribution is 0.0580. The van der Waals surface area contributed by atoms with Crippen molar-refractivity contribution in [3.63, 3.8) is 0 Å². The quantitative estimate of drug-likeness (QED) is 0.793. The molecule has 0 radical (unpaired) electrons. The van der Waals surface area contributed by atoms with E-state index in [-0.39, 0.29) is 11.9 Å². The molecule has 94 valence electrons. The van der Waals surface area contributed by atoms with E-state index >= 15 is 0 Å². The van der Waals surface area contributed by atoms with Crippen LogP contribution in [-0.4, -0.2) is 37.1 Å². The van der Waals surface area contributed by atoms with Crippen LogP contribution in [0.25, 0.3) is 0 Å². The summed E-state index contributed by atoms with van der Waals surface area (Å²) < 4.78 is 5.08. The van der Waals surface area contributed by atoms with E-state index < -0.39 is 0 Å². The highest BCUT2D eigenvalue weighted by Gasteiger charge is 2.21. The van der Waals surface area contributed by atoms with Crippen molar-refractivity contribution in [1.29, 1.82) is 0 Å². The van der Waals surface area contributed by atoms with E-state index in [1.165, 1.54) is 0 Å². The van der Waals surface area contributed by atoms with E-state index in [4.69, 9.17) is 10.5 Å². The van der Waals surface area contributed by atoms with Crippen molar-refractivity contribution >= 4 is 11.6 Å². The van der Waals surface area contributed by atoms with Gasteiger partial charge in [-0.3, -0.25) is 4.79 Å². The molecule has 0 aliphatic carbocycles. The van der Waals surface area contributed by atoms with Crippen molar-refractivity contribution in [2.75, 3.05) is 26.0 Å². The fraction of sp³-hybridized carbons (Fsp3) is 0.462. The molecular formula is C13H20N2O2. The molecule has 1 atom stereocenters. The van der Waals surface area contributed by atoms with Crippen LogP contribution < -0.4 is 5.73 Å². The fourth-order valence-corrected chi connectivity index (χ4v) is 1.83. The molecule has 1 aromatic rings. The van der Waals surface area contributed by atoms with Crippen LogP contribution in [0.2, 0.25) is 0 Å². The summed E-state index contributed by atoms with van der Waals surface area (Å²) in [5, 5.41) is 0. The summed E-state index contributed by atoms with van der Waals surface area (Å²) in [5.41, 5.74) is 6.88. The number of methoxy groups -OCH3 is 1. The van der Waals surface area contributed by atoms with Gasteiger partial charge in [0.05, 0.1) is 18.2 Å². The first-order valence-electron chi connectivity index (χ1n) is 5.76. The molecule has 0 fully saturated rings. The van der Waals surface area contributed by atoms with Crippen LogP contribution in [0.4, 0.5) is 5.69 Å². The minimum Gasteiger partial charge on any atom is -0.398 e. The second-order valence-electron chi connectivity index (χ2n) is 3.98. The lowest BCUT2D eigenvalue weighted by Gasteiger charge is -2.28. The Bertz CT molecular complexity index is 379. The molecule has 1 amide bonds. The Morgan fingerprint density at radius 1 is 1.47 bits per heavy atom. The van der Waals surface area contributed by atoms with Crippen molar-refractivity contribution in [3.8, 4) is 0 Å². The Hall–Kier alpha value is -1.55. The van der Waals surface area contributed by atoms with Gasteiger partial charge < -0.3 is 15.4 Å². The summed E-state index contributed by atoms with van der Waals surface area (Å²) in [4.78, 5) is 14.1. The molecule has 0 saturated heterocycles. The van der Waals surface area contributed by atoms with Gasteiger partial charge in [0.2, 0.25) is 0 Å². The molecule has 0 heterocycles. The highest BCUT2D eigenvalue weighted by Crippen LogP contribution is 2.15. The molecule has 2 N–H and O–H groups in total. The Balaban J connectivity index is 2.90. The molecule has 1 aromatic carbocycles. The Morgan fingerprint density at radius 2 is 2.12 bits per heavy atom. The zero-order valence-electron chi connectivity index (χ0n) is 10.6. The second-order valence-corrected chi connectivity index (χ2v) is 3.98. The van der Waals surface area contributed by atoms with E-state index in [1.54, 1.807) is 24.1 Å². The summed E-state index contributed by atoms with van der Waals surface area (Å²) in [6.45, 7) is 5.07. The minimum atomic E-state index is -0.0462. The van der Waals surface area contributed by atoms with Crippen LogP contribution in [0.15, 0.2) is 24.3 Å². The Kier molecular flexibility index (Phi) is 4.97. The van der Waals surface area contributed by atoms with Gasteiger partial charge in [-0.05, 0) is 26.0 Å². The SMILES string of the molecule is CCN(C(=O)c1ccccc1N)C(C)COC. The molecular weight excluding hydrogens is 216 g/mol. The number of amides is 1. The van der Waals surface area contributed by atoms with Crippen molar-refractivity contribution in [2.45, 2.75) is 19.9 Å². The van der Waals surface area contributed by atoms with Crippen molar-refractivity contribution in [1.82, 2.24) is 4.90 Å². The van der Waals surface area contributed by atoms with Gasteiger partial charge in [0.15, 0.2) is 0 Å². The molecule has 4 nitrogen and oxygen atoms in total. The molecule has 0 aliphatic rings. The van der Waals surface area contributed by atoms with E-state index in [0.717, 1.165) is 0 Å². The molecule has 0 aromatic heterocycles. The Labute approximate surface area is 102 Å². The first-order chi connectivity index (χ1) is 8.11. The van der Waals surface area contributed by atoms with Gasteiger partial charge in [0, 0.05) is 19.3 Å². The number of nitrogens with zero attached hydrogens (tertiary/aromatic N) is 1. The lowest BCUT2D eigenvalue weighted by Crippen LogP contribution is -2.41. The van der Waals surface area contributed by atoms with E-state index in [1.807, 2.05) is 26.0 Å². The third-order valence-electron chi connectivity index (χ3n) is 2.73. The summed E-state index contributed by atoms with van der Waals surface area (Å²) in [6.07, 6.45) is 0. The summed E-state index contributed by atoms with van der Waals surface area (Å²) in [7, 11) is 1.63.